The number of fused-ring (bicyclic) bond motifs is 1. The van der Waals surface area contributed by atoms with Crippen molar-refractivity contribution < 1.29 is 30.8 Å². The van der Waals surface area contributed by atoms with Gasteiger partial charge < -0.3 is 10.6 Å². The third-order valence-corrected chi connectivity index (χ3v) is 7.81. The number of carbonyl (C=O) groups is 1. The van der Waals surface area contributed by atoms with Gasteiger partial charge in [-0.15, -0.1) is 11.3 Å². The molecular formula is C21H14ClF4N5O4S2. The number of benzene rings is 2. The van der Waals surface area contributed by atoms with Crippen LogP contribution < -0.4 is 20.9 Å². The molecule has 0 radical (unpaired) electrons. The van der Waals surface area contributed by atoms with E-state index in [1.54, 1.807) is 4.72 Å². The topological polar surface area (TPSA) is 122 Å². The van der Waals surface area contributed by atoms with E-state index in [1.165, 1.54) is 36.4 Å². The Labute approximate surface area is 214 Å². The second kappa shape index (κ2) is 9.99. The summed E-state index contributed by atoms with van der Waals surface area (Å²) >= 11 is 6.45. The number of hydrogen-bond acceptors (Lipinski definition) is 7. The minimum Gasteiger partial charge on any atom is -0.376 e. The lowest BCUT2D eigenvalue weighted by Crippen LogP contribution is -2.34. The Hall–Kier alpha value is -3.69. The lowest BCUT2D eigenvalue weighted by molar-refractivity contribution is -0.115. The van der Waals surface area contributed by atoms with E-state index in [0.29, 0.717) is 0 Å². The third kappa shape index (κ3) is 6.18. The van der Waals surface area contributed by atoms with Gasteiger partial charge in [-0.05, 0) is 48.5 Å². The van der Waals surface area contributed by atoms with Gasteiger partial charge in [-0.3, -0.25) is 9.36 Å². The number of aromatic nitrogens is 2. The number of halogens is 5. The molecule has 4 aromatic rings. The standard InChI is InChI=1S/C21H14ClF4N5O4S2/c22-17-5-6-18(36-17)37(34,35)30-20(33)29-12-2-4-16(14(23)7-12)31-10-28-15-8-11(27-9-21(24,25)26)1-3-13(15)19(31)32/h1-8,10,27H,9H2,(H2,29,30,33). The maximum Gasteiger partial charge on any atom is 0.405 e. The number of nitrogens with one attached hydrogen (secondary N) is 3. The molecular weight excluding hydrogens is 562 g/mol. The molecule has 0 spiro atoms. The van der Waals surface area contributed by atoms with Crippen LogP contribution >= 0.6 is 22.9 Å². The van der Waals surface area contributed by atoms with Gasteiger partial charge in [0, 0.05) is 11.4 Å². The van der Waals surface area contributed by atoms with Gasteiger partial charge in [0.25, 0.3) is 15.6 Å². The number of alkyl halides is 3. The predicted octanol–water partition coefficient (Wildman–Crippen LogP) is 4.72. The van der Waals surface area contributed by atoms with Crippen molar-refractivity contribution in [1.29, 1.82) is 0 Å². The molecule has 3 N–H and O–H groups in total. The normalized spacial score (nSPS) is 11.9. The third-order valence-electron chi connectivity index (χ3n) is 4.76. The van der Waals surface area contributed by atoms with E-state index in [2.05, 4.69) is 15.6 Å². The molecule has 0 aliphatic heterocycles. The van der Waals surface area contributed by atoms with Crippen LogP contribution in [0, 0.1) is 5.82 Å². The summed E-state index contributed by atoms with van der Waals surface area (Å²) < 4.78 is 79.2. The number of nitrogens with zero attached hydrogens (tertiary/aromatic N) is 2. The Morgan fingerprint density at radius 1 is 1.08 bits per heavy atom. The van der Waals surface area contributed by atoms with E-state index in [1.807, 2.05) is 0 Å². The van der Waals surface area contributed by atoms with E-state index in [0.717, 1.165) is 34.4 Å². The predicted molar refractivity (Wildman–Crippen MR) is 131 cm³/mol. The van der Waals surface area contributed by atoms with Crippen LogP contribution in [-0.4, -0.2) is 36.7 Å². The highest BCUT2D eigenvalue weighted by molar-refractivity contribution is 7.92. The Morgan fingerprint density at radius 3 is 2.46 bits per heavy atom. The zero-order valence-corrected chi connectivity index (χ0v) is 20.5. The maximum absolute atomic E-state index is 14.8. The van der Waals surface area contributed by atoms with Crippen molar-refractivity contribution >= 4 is 61.3 Å². The Morgan fingerprint density at radius 2 is 1.81 bits per heavy atom. The number of urea groups is 1. The first-order valence-corrected chi connectivity index (χ1v) is 12.7. The number of amides is 2. The van der Waals surface area contributed by atoms with E-state index in [4.69, 9.17) is 11.6 Å². The molecule has 16 heteroatoms. The summed E-state index contributed by atoms with van der Waals surface area (Å²) in [7, 11) is -4.20. The van der Waals surface area contributed by atoms with Gasteiger partial charge >= 0.3 is 12.2 Å². The van der Waals surface area contributed by atoms with Crippen LogP contribution in [0.1, 0.15) is 0 Å². The van der Waals surface area contributed by atoms with Crippen molar-refractivity contribution in [3.63, 3.8) is 0 Å². The van der Waals surface area contributed by atoms with Crippen LogP contribution in [0.4, 0.5) is 33.7 Å². The quantitative estimate of drug-likeness (QED) is 0.286. The highest BCUT2D eigenvalue weighted by Gasteiger charge is 2.26. The molecule has 0 bridgehead atoms. The fourth-order valence-corrected chi connectivity index (χ4v) is 5.55. The van der Waals surface area contributed by atoms with Crippen molar-refractivity contribution in [1.82, 2.24) is 14.3 Å². The largest absolute Gasteiger partial charge is 0.405 e. The highest BCUT2D eigenvalue weighted by atomic mass is 35.5. The first kappa shape index (κ1) is 26.4. The molecule has 0 atom stereocenters. The summed E-state index contributed by atoms with van der Waals surface area (Å²) in [6.45, 7) is -1.27. The van der Waals surface area contributed by atoms with Crippen LogP contribution in [0.3, 0.4) is 0 Å². The van der Waals surface area contributed by atoms with Gasteiger partial charge in [0.15, 0.2) is 0 Å². The molecule has 9 nitrogen and oxygen atoms in total. The Kier molecular flexibility index (Phi) is 7.12. The van der Waals surface area contributed by atoms with Crippen LogP contribution in [0.2, 0.25) is 4.34 Å². The molecule has 2 aromatic heterocycles. The van der Waals surface area contributed by atoms with Crippen molar-refractivity contribution in [2.24, 2.45) is 0 Å². The SMILES string of the molecule is O=C(Nc1ccc(-n2cnc3cc(NCC(F)(F)F)ccc3c2=O)c(F)c1)NS(=O)(=O)c1ccc(Cl)s1. The first-order valence-electron chi connectivity index (χ1n) is 10.0. The molecule has 2 aromatic carbocycles. The zero-order chi connectivity index (χ0) is 27.0. The Bertz CT molecular complexity index is 1670. The fourth-order valence-electron chi connectivity index (χ4n) is 3.16. The second-order valence-electron chi connectivity index (χ2n) is 7.40. The zero-order valence-electron chi connectivity index (χ0n) is 18.1. The first-order chi connectivity index (χ1) is 17.3. The van der Waals surface area contributed by atoms with Crippen molar-refractivity contribution in [2.45, 2.75) is 10.4 Å². The maximum atomic E-state index is 14.8. The summed E-state index contributed by atoms with van der Waals surface area (Å²) in [5, 5.41) is 4.39. The lowest BCUT2D eigenvalue weighted by atomic mass is 10.2. The summed E-state index contributed by atoms with van der Waals surface area (Å²) in [6, 6.07) is 8.45. The average Bonchev–Trinajstić information content (AvgIpc) is 3.25. The van der Waals surface area contributed by atoms with Gasteiger partial charge in [-0.2, -0.15) is 13.2 Å². The number of sulfonamides is 1. The molecule has 0 aliphatic rings. The van der Waals surface area contributed by atoms with Crippen LogP contribution in [0.25, 0.3) is 16.6 Å². The van der Waals surface area contributed by atoms with Gasteiger partial charge in [0.05, 0.1) is 20.9 Å². The lowest BCUT2D eigenvalue weighted by Gasteiger charge is -2.12. The van der Waals surface area contributed by atoms with E-state index in [-0.39, 0.29) is 36.5 Å². The van der Waals surface area contributed by atoms with Crippen LogP contribution in [-0.2, 0) is 10.0 Å². The molecule has 0 fully saturated rings. The minimum absolute atomic E-state index is 0.0277. The monoisotopic (exact) mass is 575 g/mol. The van der Waals surface area contributed by atoms with E-state index < -0.39 is 40.2 Å². The van der Waals surface area contributed by atoms with E-state index in [9.17, 15) is 35.6 Å². The number of hydrogen-bond donors (Lipinski definition) is 3. The molecule has 0 saturated heterocycles. The van der Waals surface area contributed by atoms with Crippen LogP contribution in [0.5, 0.6) is 0 Å². The highest BCUT2D eigenvalue weighted by Crippen LogP contribution is 2.25. The molecule has 4 rings (SSSR count). The second-order valence-corrected chi connectivity index (χ2v) is 11.0. The molecule has 37 heavy (non-hydrogen) atoms. The van der Waals surface area contributed by atoms with Crippen molar-refractivity contribution in [2.75, 3.05) is 17.2 Å². The molecule has 0 unspecified atom stereocenters. The van der Waals surface area contributed by atoms with Crippen LogP contribution in [0.15, 0.2) is 63.9 Å². The molecule has 194 valence electrons. The summed E-state index contributed by atoms with van der Waals surface area (Å²) in [5.74, 6) is -0.947. The van der Waals surface area contributed by atoms with Gasteiger partial charge in [-0.1, -0.05) is 11.6 Å². The Balaban J connectivity index is 1.53. The molecule has 2 amide bonds. The minimum atomic E-state index is -4.43. The van der Waals surface area contributed by atoms with Crippen molar-refractivity contribution in [3.8, 4) is 5.69 Å². The number of carbonyl (C=O) groups excluding carboxylic acids is 1. The number of thiophene rings is 1. The van der Waals surface area contributed by atoms with Gasteiger partial charge in [0.2, 0.25) is 0 Å². The number of anilines is 2. The van der Waals surface area contributed by atoms with E-state index >= 15 is 0 Å². The summed E-state index contributed by atoms with van der Waals surface area (Å²) in [6.07, 6.45) is -3.42. The van der Waals surface area contributed by atoms with Gasteiger partial charge in [0.1, 0.15) is 22.9 Å². The summed E-state index contributed by atoms with van der Waals surface area (Å²) in [4.78, 5) is 29.0. The van der Waals surface area contributed by atoms with Gasteiger partial charge in [-0.25, -0.2) is 27.3 Å². The fraction of sp³-hybridized carbons (Fsp3) is 0.0952. The number of rotatable bonds is 6. The molecule has 2 heterocycles. The smallest absolute Gasteiger partial charge is 0.376 e. The molecule has 0 aliphatic carbocycles. The van der Waals surface area contributed by atoms with Crippen molar-refractivity contribution in [3.05, 3.63) is 75.4 Å². The molecule has 0 saturated carbocycles. The summed E-state index contributed by atoms with van der Waals surface area (Å²) in [5.41, 5.74) is -0.841. The average molecular weight is 576 g/mol.